The molecule has 0 spiro atoms. The Kier molecular flexibility index (Phi) is 6.15. The second kappa shape index (κ2) is 9.52. The average molecular weight is 397 g/mol. The Balaban J connectivity index is 1.65. The number of anilines is 4. The molecule has 0 bridgehead atoms. The number of nitrogens with one attached hydrogen (secondary N) is 1. The zero-order chi connectivity index (χ0) is 20.6. The standard InChI is InChI=1S/C24H23N5O/c1-2-30-22-16-10-9-15-21(22)26-24-27-23(17-25-28-24)29(20-13-7-4-8-14-20)18-19-11-5-3-6-12-19/h3-17H,2,18H2,1H3,(H,26,27,28). The lowest BCUT2D eigenvalue weighted by atomic mass is 10.2. The van der Waals surface area contributed by atoms with Crippen LogP contribution in [0.25, 0.3) is 0 Å². The van der Waals surface area contributed by atoms with Gasteiger partial charge in [0, 0.05) is 12.2 Å². The fraction of sp³-hybridized carbons (Fsp3) is 0.125. The lowest BCUT2D eigenvalue weighted by Crippen LogP contribution is -2.18. The SMILES string of the molecule is CCOc1ccccc1Nc1nncc(N(Cc2ccccc2)c2ccccc2)n1. The molecule has 0 saturated carbocycles. The number of hydrogen-bond acceptors (Lipinski definition) is 6. The van der Waals surface area contributed by atoms with Crippen LogP contribution in [0.5, 0.6) is 5.75 Å². The van der Waals surface area contributed by atoms with E-state index in [1.807, 2.05) is 67.6 Å². The number of benzene rings is 3. The molecule has 0 amide bonds. The summed E-state index contributed by atoms with van der Waals surface area (Å²) in [6.45, 7) is 3.20. The number of rotatable bonds is 8. The summed E-state index contributed by atoms with van der Waals surface area (Å²) in [5, 5.41) is 11.6. The normalized spacial score (nSPS) is 10.4. The van der Waals surface area contributed by atoms with Crippen LogP contribution in [0.15, 0.2) is 91.1 Å². The molecule has 0 aliphatic rings. The van der Waals surface area contributed by atoms with Gasteiger partial charge in [-0.05, 0) is 36.8 Å². The highest BCUT2D eigenvalue weighted by Gasteiger charge is 2.14. The number of para-hydroxylation sites is 3. The first-order valence-corrected chi connectivity index (χ1v) is 9.88. The summed E-state index contributed by atoms with van der Waals surface area (Å²) >= 11 is 0. The number of nitrogens with zero attached hydrogens (tertiary/aromatic N) is 4. The molecule has 4 rings (SSSR count). The molecular weight excluding hydrogens is 374 g/mol. The van der Waals surface area contributed by atoms with E-state index in [0.29, 0.717) is 24.9 Å². The van der Waals surface area contributed by atoms with Crippen LogP contribution in [0.1, 0.15) is 12.5 Å². The maximum absolute atomic E-state index is 5.69. The molecule has 0 radical (unpaired) electrons. The predicted molar refractivity (Wildman–Crippen MR) is 119 cm³/mol. The summed E-state index contributed by atoms with van der Waals surface area (Å²) in [6, 6.07) is 28.1. The Hall–Kier alpha value is -3.93. The van der Waals surface area contributed by atoms with Gasteiger partial charge >= 0.3 is 0 Å². The van der Waals surface area contributed by atoms with Crippen molar-refractivity contribution in [2.45, 2.75) is 13.5 Å². The summed E-state index contributed by atoms with van der Waals surface area (Å²) in [5.74, 6) is 1.86. The largest absolute Gasteiger partial charge is 0.492 e. The Labute approximate surface area is 176 Å². The zero-order valence-electron chi connectivity index (χ0n) is 16.8. The smallest absolute Gasteiger partial charge is 0.249 e. The Morgan fingerprint density at radius 2 is 1.57 bits per heavy atom. The fourth-order valence-corrected chi connectivity index (χ4v) is 3.13. The number of aromatic nitrogens is 3. The van der Waals surface area contributed by atoms with Gasteiger partial charge < -0.3 is 15.0 Å². The van der Waals surface area contributed by atoms with Crippen molar-refractivity contribution >= 4 is 23.1 Å². The molecule has 0 unspecified atom stereocenters. The van der Waals surface area contributed by atoms with Crippen LogP contribution in [-0.2, 0) is 6.54 Å². The lowest BCUT2D eigenvalue weighted by molar-refractivity contribution is 0.342. The highest BCUT2D eigenvalue weighted by molar-refractivity contribution is 5.64. The van der Waals surface area contributed by atoms with Gasteiger partial charge in [0.25, 0.3) is 0 Å². The van der Waals surface area contributed by atoms with Gasteiger partial charge in [0.15, 0.2) is 5.82 Å². The third kappa shape index (κ3) is 4.72. The van der Waals surface area contributed by atoms with E-state index in [9.17, 15) is 0 Å². The molecule has 1 aromatic heterocycles. The van der Waals surface area contributed by atoms with Gasteiger partial charge in [0.2, 0.25) is 5.95 Å². The minimum absolute atomic E-state index is 0.411. The van der Waals surface area contributed by atoms with Gasteiger partial charge in [-0.3, -0.25) is 0 Å². The molecule has 150 valence electrons. The molecule has 6 nitrogen and oxygen atoms in total. The third-order valence-corrected chi connectivity index (χ3v) is 4.51. The molecule has 0 aliphatic heterocycles. The van der Waals surface area contributed by atoms with Gasteiger partial charge in [-0.25, -0.2) is 0 Å². The number of hydrogen-bond donors (Lipinski definition) is 1. The summed E-state index contributed by atoms with van der Waals surface area (Å²) < 4.78 is 5.69. The molecular formula is C24H23N5O. The monoisotopic (exact) mass is 397 g/mol. The maximum atomic E-state index is 5.69. The maximum Gasteiger partial charge on any atom is 0.249 e. The van der Waals surface area contributed by atoms with Crippen LogP contribution in [0.2, 0.25) is 0 Å². The van der Waals surface area contributed by atoms with Gasteiger partial charge in [0.1, 0.15) is 5.75 Å². The molecule has 3 aromatic carbocycles. The topological polar surface area (TPSA) is 63.2 Å². The highest BCUT2D eigenvalue weighted by Crippen LogP contribution is 2.28. The van der Waals surface area contributed by atoms with Crippen LogP contribution in [0, 0.1) is 0 Å². The van der Waals surface area contributed by atoms with E-state index in [1.54, 1.807) is 6.20 Å². The van der Waals surface area contributed by atoms with E-state index >= 15 is 0 Å². The Morgan fingerprint density at radius 1 is 0.867 bits per heavy atom. The minimum atomic E-state index is 0.411. The minimum Gasteiger partial charge on any atom is -0.492 e. The molecule has 4 aromatic rings. The van der Waals surface area contributed by atoms with Crippen LogP contribution in [0.4, 0.5) is 23.1 Å². The van der Waals surface area contributed by atoms with Crippen molar-refractivity contribution in [1.82, 2.24) is 15.2 Å². The van der Waals surface area contributed by atoms with Crippen molar-refractivity contribution in [3.63, 3.8) is 0 Å². The summed E-state index contributed by atoms with van der Waals surface area (Å²) in [4.78, 5) is 6.84. The summed E-state index contributed by atoms with van der Waals surface area (Å²) in [7, 11) is 0. The van der Waals surface area contributed by atoms with E-state index in [-0.39, 0.29) is 0 Å². The highest BCUT2D eigenvalue weighted by atomic mass is 16.5. The first-order valence-electron chi connectivity index (χ1n) is 9.88. The fourth-order valence-electron chi connectivity index (χ4n) is 3.13. The van der Waals surface area contributed by atoms with Crippen molar-refractivity contribution in [3.05, 3.63) is 96.7 Å². The molecule has 1 heterocycles. The van der Waals surface area contributed by atoms with Gasteiger partial charge in [-0.2, -0.15) is 10.1 Å². The van der Waals surface area contributed by atoms with Crippen LogP contribution >= 0.6 is 0 Å². The lowest BCUT2D eigenvalue weighted by Gasteiger charge is -2.24. The molecule has 0 saturated heterocycles. The number of ether oxygens (including phenoxy) is 1. The third-order valence-electron chi connectivity index (χ3n) is 4.51. The molecule has 0 atom stereocenters. The summed E-state index contributed by atoms with van der Waals surface area (Å²) in [6.07, 6.45) is 1.68. The molecule has 30 heavy (non-hydrogen) atoms. The second-order valence-electron chi connectivity index (χ2n) is 6.60. The molecule has 1 N–H and O–H groups in total. The van der Waals surface area contributed by atoms with E-state index in [4.69, 9.17) is 9.72 Å². The predicted octanol–water partition coefficient (Wildman–Crippen LogP) is 5.35. The second-order valence-corrected chi connectivity index (χ2v) is 6.60. The van der Waals surface area contributed by atoms with E-state index < -0.39 is 0 Å². The van der Waals surface area contributed by atoms with Gasteiger partial charge in [0.05, 0.1) is 18.5 Å². The van der Waals surface area contributed by atoms with Crippen molar-refractivity contribution in [3.8, 4) is 5.75 Å². The van der Waals surface area contributed by atoms with Crippen LogP contribution in [0.3, 0.4) is 0 Å². The van der Waals surface area contributed by atoms with E-state index in [1.165, 1.54) is 5.56 Å². The van der Waals surface area contributed by atoms with Crippen molar-refractivity contribution < 1.29 is 4.74 Å². The zero-order valence-corrected chi connectivity index (χ0v) is 16.8. The van der Waals surface area contributed by atoms with Crippen LogP contribution in [-0.4, -0.2) is 21.8 Å². The Bertz CT molecular complexity index is 1070. The first kappa shape index (κ1) is 19.4. The van der Waals surface area contributed by atoms with Crippen LogP contribution < -0.4 is 15.0 Å². The van der Waals surface area contributed by atoms with E-state index in [2.05, 4.69) is 44.7 Å². The van der Waals surface area contributed by atoms with E-state index in [0.717, 1.165) is 17.1 Å². The van der Waals surface area contributed by atoms with Crippen molar-refractivity contribution in [2.24, 2.45) is 0 Å². The van der Waals surface area contributed by atoms with Crippen molar-refractivity contribution in [2.75, 3.05) is 16.8 Å². The summed E-state index contributed by atoms with van der Waals surface area (Å²) in [5.41, 5.74) is 3.01. The van der Waals surface area contributed by atoms with Gasteiger partial charge in [-0.1, -0.05) is 60.7 Å². The average Bonchev–Trinajstić information content (AvgIpc) is 2.80. The molecule has 6 heteroatoms. The molecule has 0 aliphatic carbocycles. The van der Waals surface area contributed by atoms with Gasteiger partial charge in [-0.15, -0.1) is 5.10 Å². The quantitative estimate of drug-likeness (QED) is 0.432. The Morgan fingerprint density at radius 3 is 2.33 bits per heavy atom. The van der Waals surface area contributed by atoms with Crippen molar-refractivity contribution in [1.29, 1.82) is 0 Å². The first-order chi connectivity index (χ1) is 14.8. The molecule has 0 fully saturated rings.